The van der Waals surface area contributed by atoms with E-state index in [2.05, 4.69) is 4.98 Å². The van der Waals surface area contributed by atoms with Gasteiger partial charge in [0.2, 0.25) is 0 Å². The lowest BCUT2D eigenvalue weighted by Gasteiger charge is -2.12. The maximum Gasteiger partial charge on any atom is 0.250 e. The molecule has 1 aromatic heterocycles. The number of rotatable bonds is 2. The lowest BCUT2D eigenvalue weighted by molar-refractivity contribution is 0.0998. The van der Waals surface area contributed by atoms with Gasteiger partial charge < -0.3 is 5.73 Å². The third-order valence-corrected chi connectivity index (χ3v) is 2.03. The summed E-state index contributed by atoms with van der Waals surface area (Å²) in [6.07, 6.45) is 3.28. The quantitative estimate of drug-likeness (QED) is 0.748. The van der Waals surface area contributed by atoms with Crippen molar-refractivity contribution in [1.29, 1.82) is 0 Å². The molecule has 0 radical (unpaired) electrons. The van der Waals surface area contributed by atoms with E-state index in [1.807, 2.05) is 20.8 Å². The highest BCUT2D eigenvalue weighted by molar-refractivity contribution is 5.94. The maximum atomic E-state index is 11.1. The minimum Gasteiger partial charge on any atom is -0.366 e. The standard InChI is InChI=1S/C10H14N2O/c1-6(2)9-7(3)4-12-5-8(9)10(11)13/h4-6H,1-3H3,(H2,11,13). The van der Waals surface area contributed by atoms with Crippen molar-refractivity contribution >= 4 is 5.91 Å². The number of hydrogen-bond donors (Lipinski definition) is 1. The molecule has 0 aliphatic rings. The molecule has 2 N–H and O–H groups in total. The van der Waals surface area contributed by atoms with Gasteiger partial charge in [-0.05, 0) is 24.0 Å². The second kappa shape index (κ2) is 3.56. The van der Waals surface area contributed by atoms with Gasteiger partial charge in [-0.2, -0.15) is 0 Å². The van der Waals surface area contributed by atoms with Crippen LogP contribution in [0, 0.1) is 6.92 Å². The Labute approximate surface area is 78.0 Å². The van der Waals surface area contributed by atoms with Crippen LogP contribution in [0.4, 0.5) is 0 Å². The summed E-state index contributed by atoms with van der Waals surface area (Å²) in [4.78, 5) is 15.0. The van der Waals surface area contributed by atoms with E-state index in [0.29, 0.717) is 11.5 Å². The van der Waals surface area contributed by atoms with Gasteiger partial charge in [0.05, 0.1) is 5.56 Å². The molecule has 0 aliphatic heterocycles. The Hall–Kier alpha value is -1.38. The summed E-state index contributed by atoms with van der Waals surface area (Å²) in [5.41, 5.74) is 7.80. The van der Waals surface area contributed by atoms with Gasteiger partial charge in [0.1, 0.15) is 0 Å². The summed E-state index contributed by atoms with van der Waals surface area (Å²) in [5, 5.41) is 0. The van der Waals surface area contributed by atoms with Gasteiger partial charge in [-0.1, -0.05) is 13.8 Å². The molecule has 70 valence electrons. The minimum atomic E-state index is -0.403. The Morgan fingerprint density at radius 2 is 2.08 bits per heavy atom. The first-order valence-electron chi connectivity index (χ1n) is 4.28. The van der Waals surface area contributed by atoms with Crippen LogP contribution >= 0.6 is 0 Å². The predicted molar refractivity (Wildman–Crippen MR) is 51.6 cm³/mol. The Morgan fingerprint density at radius 1 is 1.46 bits per heavy atom. The molecule has 0 saturated carbocycles. The number of carbonyl (C=O) groups excluding carboxylic acids is 1. The Morgan fingerprint density at radius 3 is 2.46 bits per heavy atom. The number of primary amides is 1. The Bertz CT molecular complexity index is 332. The number of pyridine rings is 1. The van der Waals surface area contributed by atoms with Crippen molar-refractivity contribution in [3.05, 3.63) is 29.1 Å². The fourth-order valence-corrected chi connectivity index (χ4v) is 1.54. The Balaban J connectivity index is 3.34. The molecule has 0 aliphatic carbocycles. The first-order chi connectivity index (χ1) is 6.04. The molecule has 13 heavy (non-hydrogen) atoms. The Kier molecular flexibility index (Phi) is 2.66. The largest absolute Gasteiger partial charge is 0.366 e. The van der Waals surface area contributed by atoms with Crippen molar-refractivity contribution in [1.82, 2.24) is 4.98 Å². The molecule has 1 amide bonds. The van der Waals surface area contributed by atoms with Crippen LogP contribution in [0.25, 0.3) is 0 Å². The lowest BCUT2D eigenvalue weighted by atomic mass is 9.95. The summed E-state index contributed by atoms with van der Waals surface area (Å²) in [6, 6.07) is 0. The van der Waals surface area contributed by atoms with Crippen molar-refractivity contribution in [3.8, 4) is 0 Å². The topological polar surface area (TPSA) is 56.0 Å². The maximum absolute atomic E-state index is 11.1. The summed E-state index contributed by atoms with van der Waals surface area (Å²) >= 11 is 0. The van der Waals surface area contributed by atoms with Gasteiger partial charge in [-0.25, -0.2) is 0 Å². The summed E-state index contributed by atoms with van der Waals surface area (Å²) in [6.45, 7) is 6.01. The molecule has 3 heteroatoms. The molecule has 0 aromatic carbocycles. The number of nitrogens with zero attached hydrogens (tertiary/aromatic N) is 1. The fourth-order valence-electron chi connectivity index (χ4n) is 1.54. The van der Waals surface area contributed by atoms with E-state index in [9.17, 15) is 4.79 Å². The van der Waals surface area contributed by atoms with Gasteiger partial charge in [0.25, 0.3) is 5.91 Å². The van der Waals surface area contributed by atoms with Crippen LogP contribution in [0.15, 0.2) is 12.4 Å². The molecule has 0 saturated heterocycles. The van der Waals surface area contributed by atoms with E-state index in [4.69, 9.17) is 5.73 Å². The smallest absolute Gasteiger partial charge is 0.250 e. The van der Waals surface area contributed by atoms with Crippen LogP contribution in [-0.2, 0) is 0 Å². The number of carbonyl (C=O) groups is 1. The first-order valence-corrected chi connectivity index (χ1v) is 4.28. The van der Waals surface area contributed by atoms with Gasteiger partial charge in [-0.15, -0.1) is 0 Å². The van der Waals surface area contributed by atoms with E-state index in [1.165, 1.54) is 6.20 Å². The molecule has 0 unspecified atom stereocenters. The van der Waals surface area contributed by atoms with E-state index in [-0.39, 0.29) is 0 Å². The SMILES string of the molecule is Cc1cncc(C(N)=O)c1C(C)C. The summed E-state index contributed by atoms with van der Waals surface area (Å²) in [7, 11) is 0. The monoisotopic (exact) mass is 178 g/mol. The van der Waals surface area contributed by atoms with Crippen LogP contribution in [-0.4, -0.2) is 10.9 Å². The van der Waals surface area contributed by atoms with Crippen LogP contribution in [0.1, 0.15) is 41.3 Å². The number of amides is 1. The number of aromatic nitrogens is 1. The van der Waals surface area contributed by atoms with Crippen LogP contribution in [0.5, 0.6) is 0 Å². The molecule has 3 nitrogen and oxygen atoms in total. The van der Waals surface area contributed by atoms with Crippen molar-refractivity contribution in [3.63, 3.8) is 0 Å². The van der Waals surface area contributed by atoms with Crippen molar-refractivity contribution < 1.29 is 4.79 Å². The molecule has 0 spiro atoms. The lowest BCUT2D eigenvalue weighted by Crippen LogP contribution is -2.15. The molecule has 0 fully saturated rings. The average Bonchev–Trinajstić information content (AvgIpc) is 2.02. The molecule has 1 heterocycles. The van der Waals surface area contributed by atoms with Crippen LogP contribution in [0.3, 0.4) is 0 Å². The normalized spacial score (nSPS) is 10.5. The number of nitrogens with two attached hydrogens (primary N) is 1. The second-order valence-corrected chi connectivity index (χ2v) is 3.44. The second-order valence-electron chi connectivity index (χ2n) is 3.44. The average molecular weight is 178 g/mol. The molecule has 1 aromatic rings. The van der Waals surface area contributed by atoms with E-state index >= 15 is 0 Å². The first kappa shape index (κ1) is 9.71. The van der Waals surface area contributed by atoms with Crippen LogP contribution in [0.2, 0.25) is 0 Å². The zero-order valence-electron chi connectivity index (χ0n) is 8.16. The highest BCUT2D eigenvalue weighted by Gasteiger charge is 2.13. The van der Waals surface area contributed by atoms with Gasteiger partial charge in [0.15, 0.2) is 0 Å². The summed E-state index contributed by atoms with van der Waals surface area (Å²) < 4.78 is 0. The number of hydrogen-bond acceptors (Lipinski definition) is 2. The molecular formula is C10H14N2O. The van der Waals surface area contributed by atoms with Gasteiger partial charge in [0, 0.05) is 12.4 Å². The zero-order chi connectivity index (χ0) is 10.0. The molecular weight excluding hydrogens is 164 g/mol. The van der Waals surface area contributed by atoms with E-state index in [1.54, 1.807) is 6.20 Å². The molecule has 1 rings (SSSR count). The molecule has 0 atom stereocenters. The highest BCUT2D eigenvalue weighted by atomic mass is 16.1. The fraction of sp³-hybridized carbons (Fsp3) is 0.400. The van der Waals surface area contributed by atoms with Crippen molar-refractivity contribution in [2.45, 2.75) is 26.7 Å². The van der Waals surface area contributed by atoms with Crippen LogP contribution < -0.4 is 5.73 Å². The van der Waals surface area contributed by atoms with Gasteiger partial charge >= 0.3 is 0 Å². The van der Waals surface area contributed by atoms with Crippen molar-refractivity contribution in [2.75, 3.05) is 0 Å². The van der Waals surface area contributed by atoms with Gasteiger partial charge in [-0.3, -0.25) is 9.78 Å². The van der Waals surface area contributed by atoms with Crippen molar-refractivity contribution in [2.24, 2.45) is 5.73 Å². The third-order valence-electron chi connectivity index (χ3n) is 2.03. The van der Waals surface area contributed by atoms with E-state index in [0.717, 1.165) is 11.1 Å². The minimum absolute atomic E-state index is 0.297. The third kappa shape index (κ3) is 1.86. The predicted octanol–water partition coefficient (Wildman–Crippen LogP) is 1.61. The number of aryl methyl sites for hydroxylation is 1. The molecule has 0 bridgehead atoms. The summed E-state index contributed by atoms with van der Waals surface area (Å²) in [5.74, 6) is -0.106. The highest BCUT2D eigenvalue weighted by Crippen LogP contribution is 2.21. The zero-order valence-corrected chi connectivity index (χ0v) is 8.16. The van der Waals surface area contributed by atoms with E-state index < -0.39 is 5.91 Å².